The van der Waals surface area contributed by atoms with Crippen LogP contribution in [0.4, 0.5) is 36.4 Å². The van der Waals surface area contributed by atoms with Crippen LogP contribution in [0.25, 0.3) is 0 Å². The molecule has 0 aliphatic rings. The average molecular weight is 544 g/mol. The molecule has 12 heteroatoms. The maximum Gasteiger partial charge on any atom is 0.417 e. The number of carbonyl (C=O) groups is 1. The molecule has 0 saturated carbocycles. The minimum Gasteiger partial charge on any atom is -0.383 e. The van der Waals surface area contributed by atoms with Crippen LogP contribution in [0.3, 0.4) is 0 Å². The van der Waals surface area contributed by atoms with E-state index in [4.69, 9.17) is 5.26 Å². The molecule has 3 aromatic carbocycles. The van der Waals surface area contributed by atoms with Gasteiger partial charge >= 0.3 is 12.4 Å². The Labute approximate surface area is 211 Å². The number of carbonyl (C=O) groups excluding carboxylic acids is 1. The highest BCUT2D eigenvalue weighted by molar-refractivity contribution is 7.98. The monoisotopic (exact) mass is 544 g/mol. The molecule has 0 spiro atoms. The van der Waals surface area contributed by atoms with Gasteiger partial charge in [-0.2, -0.15) is 31.6 Å². The van der Waals surface area contributed by atoms with Crippen molar-refractivity contribution >= 4 is 23.4 Å². The number of benzene rings is 3. The fourth-order valence-corrected chi connectivity index (χ4v) is 3.30. The predicted molar refractivity (Wildman–Crippen MR) is 124 cm³/mol. The number of amides is 1. The van der Waals surface area contributed by atoms with Crippen LogP contribution >= 0.6 is 11.8 Å². The number of hydrogen-bond donors (Lipinski definition) is 2. The normalized spacial score (nSPS) is 12.1. The summed E-state index contributed by atoms with van der Waals surface area (Å²) in [5, 5.41) is 20.7. The van der Waals surface area contributed by atoms with Crippen LogP contribution in [0.15, 0.2) is 71.6 Å². The van der Waals surface area contributed by atoms with Gasteiger partial charge < -0.3 is 10.4 Å². The van der Waals surface area contributed by atoms with Crippen molar-refractivity contribution in [1.29, 1.82) is 5.26 Å². The van der Waals surface area contributed by atoms with Crippen LogP contribution in [0.2, 0.25) is 0 Å². The van der Waals surface area contributed by atoms with Gasteiger partial charge in [0, 0.05) is 17.0 Å². The molecule has 0 aliphatic heterocycles. The molecule has 37 heavy (non-hydrogen) atoms. The molecule has 0 bridgehead atoms. The summed E-state index contributed by atoms with van der Waals surface area (Å²) in [4.78, 5) is 13.1. The minimum atomic E-state index is -4.81. The molecule has 1 amide bonds. The Balaban J connectivity index is 0.000000449. The number of thioether (sulfide) groups is 1. The van der Waals surface area contributed by atoms with E-state index in [1.165, 1.54) is 18.2 Å². The van der Waals surface area contributed by atoms with Gasteiger partial charge in [-0.1, -0.05) is 12.1 Å². The third kappa shape index (κ3) is 9.11. The SMILES string of the molecule is CSc1ccc(F)cc1.N#Cc1ccc(NC(=O)C(O)Cc2ccc(C(F)(F)F)cc2)cc1C(F)(F)F. The first kappa shape index (κ1) is 29.7. The third-order valence-electron chi connectivity index (χ3n) is 4.78. The molecule has 0 heterocycles. The lowest BCUT2D eigenvalue weighted by Crippen LogP contribution is -2.29. The van der Waals surface area contributed by atoms with Crippen molar-refractivity contribution in [2.24, 2.45) is 0 Å². The van der Waals surface area contributed by atoms with Gasteiger partial charge in [-0.15, -0.1) is 11.8 Å². The summed E-state index contributed by atoms with van der Waals surface area (Å²) < 4.78 is 88.5. The number of anilines is 1. The van der Waals surface area contributed by atoms with Crippen LogP contribution < -0.4 is 5.32 Å². The highest BCUT2D eigenvalue weighted by atomic mass is 32.2. The smallest absolute Gasteiger partial charge is 0.383 e. The summed E-state index contributed by atoms with van der Waals surface area (Å²) in [6.45, 7) is 0. The zero-order valence-corrected chi connectivity index (χ0v) is 19.8. The molecule has 1 atom stereocenters. The molecule has 3 rings (SSSR count). The van der Waals surface area contributed by atoms with Crippen molar-refractivity contribution in [1.82, 2.24) is 0 Å². The first-order valence-electron chi connectivity index (χ1n) is 10.3. The van der Waals surface area contributed by atoms with E-state index in [2.05, 4.69) is 5.32 Å². The molecule has 0 radical (unpaired) electrons. The highest BCUT2D eigenvalue weighted by Crippen LogP contribution is 2.33. The lowest BCUT2D eigenvalue weighted by molar-refractivity contribution is -0.138. The van der Waals surface area contributed by atoms with Gasteiger partial charge in [0.1, 0.15) is 11.9 Å². The summed E-state index contributed by atoms with van der Waals surface area (Å²) in [6, 6.07) is 14.1. The molecule has 0 aliphatic carbocycles. The molecule has 1 unspecified atom stereocenters. The fraction of sp³-hybridized carbons (Fsp3) is 0.200. The summed E-state index contributed by atoms with van der Waals surface area (Å²) >= 11 is 1.61. The predicted octanol–water partition coefficient (Wildman–Crippen LogP) is 6.69. The first-order valence-corrected chi connectivity index (χ1v) is 11.5. The maximum absolute atomic E-state index is 12.9. The van der Waals surface area contributed by atoms with Crippen molar-refractivity contribution < 1.29 is 40.6 Å². The molecular weight excluding hydrogens is 525 g/mol. The van der Waals surface area contributed by atoms with Gasteiger partial charge in [0.2, 0.25) is 0 Å². The van der Waals surface area contributed by atoms with E-state index in [9.17, 15) is 40.6 Å². The Bertz CT molecular complexity index is 1240. The Morgan fingerprint density at radius 1 is 0.973 bits per heavy atom. The van der Waals surface area contributed by atoms with Crippen LogP contribution in [-0.2, 0) is 23.6 Å². The number of aliphatic hydroxyl groups excluding tert-OH is 1. The van der Waals surface area contributed by atoms with Crippen molar-refractivity contribution in [2.75, 3.05) is 11.6 Å². The third-order valence-corrected chi connectivity index (χ3v) is 5.52. The van der Waals surface area contributed by atoms with Gasteiger partial charge in [-0.05, 0) is 66.4 Å². The van der Waals surface area contributed by atoms with Crippen LogP contribution in [0.5, 0.6) is 0 Å². The number of aliphatic hydroxyl groups is 1. The summed E-state index contributed by atoms with van der Waals surface area (Å²) in [5.74, 6) is -1.22. The van der Waals surface area contributed by atoms with Crippen molar-refractivity contribution in [3.8, 4) is 6.07 Å². The van der Waals surface area contributed by atoms with Crippen LogP contribution in [0, 0.1) is 17.1 Å². The van der Waals surface area contributed by atoms with Gasteiger partial charge in [-0.3, -0.25) is 4.79 Å². The molecular formula is C25H19F7N2O2S. The van der Waals surface area contributed by atoms with E-state index in [1.54, 1.807) is 23.9 Å². The fourth-order valence-electron chi connectivity index (χ4n) is 2.90. The topological polar surface area (TPSA) is 73.1 Å². The molecule has 3 aromatic rings. The van der Waals surface area contributed by atoms with Crippen molar-refractivity contribution in [3.05, 3.63) is 94.8 Å². The quantitative estimate of drug-likeness (QED) is 0.278. The lowest BCUT2D eigenvalue weighted by Gasteiger charge is -2.14. The number of nitrogens with zero attached hydrogens (tertiary/aromatic N) is 1. The van der Waals surface area contributed by atoms with E-state index in [0.29, 0.717) is 6.07 Å². The second-order valence-corrected chi connectivity index (χ2v) is 8.31. The zero-order chi connectivity index (χ0) is 27.8. The van der Waals surface area contributed by atoms with E-state index in [1.807, 2.05) is 6.26 Å². The van der Waals surface area contributed by atoms with Crippen LogP contribution in [-0.4, -0.2) is 23.4 Å². The van der Waals surface area contributed by atoms with E-state index >= 15 is 0 Å². The standard InChI is InChI=1S/C18H12F6N2O2.C7H7FS/c19-17(20,21)12-4-1-10(2-5-12)7-15(27)16(28)26-13-6-3-11(9-25)14(8-13)18(22,23)24;1-9-7-4-2-6(8)3-5-7/h1-6,8,15,27H,7H2,(H,26,28);2-5H,1H3. The van der Waals surface area contributed by atoms with E-state index in [-0.39, 0.29) is 23.5 Å². The largest absolute Gasteiger partial charge is 0.417 e. The molecule has 2 N–H and O–H groups in total. The zero-order valence-electron chi connectivity index (χ0n) is 19.0. The second kappa shape index (κ2) is 12.6. The van der Waals surface area contributed by atoms with Crippen molar-refractivity contribution in [3.63, 3.8) is 0 Å². The number of nitriles is 1. The lowest BCUT2D eigenvalue weighted by atomic mass is 10.0. The molecule has 196 valence electrons. The molecule has 0 aromatic heterocycles. The van der Waals surface area contributed by atoms with Crippen molar-refractivity contribution in [2.45, 2.75) is 29.8 Å². The van der Waals surface area contributed by atoms with Gasteiger partial charge in [-0.25, -0.2) is 4.39 Å². The molecule has 0 saturated heterocycles. The number of alkyl halides is 6. The Morgan fingerprint density at radius 2 is 1.57 bits per heavy atom. The molecule has 0 fully saturated rings. The summed E-state index contributed by atoms with van der Waals surface area (Å²) in [7, 11) is 0. The van der Waals surface area contributed by atoms with Crippen LogP contribution in [0.1, 0.15) is 22.3 Å². The maximum atomic E-state index is 12.9. The Hall–Kier alpha value is -3.56. The highest BCUT2D eigenvalue weighted by Gasteiger charge is 2.34. The minimum absolute atomic E-state index is 0.173. The molecule has 4 nitrogen and oxygen atoms in total. The Morgan fingerprint density at radius 3 is 2.05 bits per heavy atom. The van der Waals surface area contributed by atoms with Gasteiger partial charge in [0.15, 0.2) is 0 Å². The number of rotatable bonds is 5. The van der Waals surface area contributed by atoms with E-state index < -0.39 is 41.1 Å². The Kier molecular flexibility index (Phi) is 10.1. The summed E-state index contributed by atoms with van der Waals surface area (Å²) in [5.41, 5.74) is -2.83. The number of nitrogens with one attached hydrogen (secondary N) is 1. The number of hydrogen-bond acceptors (Lipinski definition) is 4. The van der Waals surface area contributed by atoms with Gasteiger partial charge in [0.25, 0.3) is 5.91 Å². The summed E-state index contributed by atoms with van der Waals surface area (Å²) in [6.07, 6.45) is -9.42. The number of halogens is 7. The van der Waals surface area contributed by atoms with E-state index in [0.717, 1.165) is 41.3 Å². The van der Waals surface area contributed by atoms with Gasteiger partial charge in [0.05, 0.1) is 22.8 Å². The average Bonchev–Trinajstić information content (AvgIpc) is 2.84. The second-order valence-electron chi connectivity index (χ2n) is 7.43. The first-order chi connectivity index (χ1) is 17.2.